The van der Waals surface area contributed by atoms with E-state index in [-0.39, 0.29) is 87.0 Å². The van der Waals surface area contributed by atoms with Crippen molar-refractivity contribution in [2.75, 3.05) is 52.9 Å². The third kappa shape index (κ3) is 4.85. The molecule has 0 spiro atoms. The molecule has 0 aromatic heterocycles. The van der Waals surface area contributed by atoms with E-state index >= 15 is 0 Å². The summed E-state index contributed by atoms with van der Waals surface area (Å²) in [4.78, 5) is 26.3. The molecular weight excluding hydrogens is 392 g/mol. The van der Waals surface area contributed by atoms with E-state index in [2.05, 4.69) is 0 Å². The Morgan fingerprint density at radius 2 is 1.03 bits per heavy atom. The van der Waals surface area contributed by atoms with Gasteiger partial charge in [-0.05, 0) is 12.1 Å². The highest BCUT2D eigenvalue weighted by atomic mass is 16.5. The number of rotatable bonds is 12. The molecule has 2 aromatic carbocycles. The Balaban J connectivity index is 1.88. The van der Waals surface area contributed by atoms with Crippen molar-refractivity contribution >= 4 is 11.6 Å². The van der Waals surface area contributed by atoms with Gasteiger partial charge in [0.2, 0.25) is 0 Å². The fourth-order valence-electron chi connectivity index (χ4n) is 3.16. The number of ketones is 2. The average molecular weight is 416 g/mol. The second-order valence-corrected chi connectivity index (χ2v) is 6.38. The van der Waals surface area contributed by atoms with Gasteiger partial charge in [-0.1, -0.05) is 24.3 Å². The van der Waals surface area contributed by atoms with Crippen LogP contribution in [0.1, 0.15) is 31.8 Å². The lowest BCUT2D eigenvalue weighted by Crippen LogP contribution is -2.24. The van der Waals surface area contributed by atoms with Crippen molar-refractivity contribution in [3.8, 4) is 11.5 Å². The van der Waals surface area contributed by atoms with Gasteiger partial charge in [0.25, 0.3) is 0 Å². The first-order chi connectivity index (χ1) is 14.7. The maximum atomic E-state index is 13.2. The lowest BCUT2D eigenvalue weighted by molar-refractivity contribution is 0.0689. The van der Waals surface area contributed by atoms with E-state index in [1.165, 1.54) is 0 Å². The van der Waals surface area contributed by atoms with Crippen LogP contribution < -0.4 is 9.47 Å². The van der Waals surface area contributed by atoms with Gasteiger partial charge in [-0.15, -0.1) is 0 Å². The lowest BCUT2D eigenvalue weighted by atomic mass is 9.83. The summed E-state index contributed by atoms with van der Waals surface area (Å²) in [5.41, 5.74) is 0.962. The summed E-state index contributed by atoms with van der Waals surface area (Å²) in [5.74, 6) is -0.0782. The van der Waals surface area contributed by atoms with Crippen LogP contribution >= 0.6 is 0 Å². The van der Waals surface area contributed by atoms with E-state index < -0.39 is 0 Å². The topological polar surface area (TPSA) is 112 Å². The highest BCUT2D eigenvalue weighted by Crippen LogP contribution is 2.38. The summed E-state index contributed by atoms with van der Waals surface area (Å²) < 4.78 is 21.8. The van der Waals surface area contributed by atoms with Crippen molar-refractivity contribution in [2.45, 2.75) is 0 Å². The van der Waals surface area contributed by atoms with E-state index in [1.54, 1.807) is 36.4 Å². The first kappa shape index (κ1) is 21.9. The SMILES string of the molecule is O=C1c2ccccc2C(=O)c2c(OCCOCCO)ccc(OCCOCCO)c21. The zero-order valence-electron chi connectivity index (χ0n) is 16.5. The fraction of sp³-hybridized carbons (Fsp3) is 0.364. The molecule has 0 atom stereocenters. The van der Waals surface area contributed by atoms with Crippen LogP contribution in [0.5, 0.6) is 11.5 Å². The molecule has 0 unspecified atom stereocenters. The Morgan fingerprint density at radius 3 is 1.43 bits per heavy atom. The number of ether oxygens (including phenoxy) is 4. The normalized spacial score (nSPS) is 12.5. The average Bonchev–Trinajstić information content (AvgIpc) is 2.77. The zero-order chi connectivity index (χ0) is 21.3. The molecule has 0 amide bonds. The van der Waals surface area contributed by atoms with Gasteiger partial charge in [-0.2, -0.15) is 0 Å². The minimum Gasteiger partial charge on any atom is -0.490 e. The summed E-state index contributed by atoms with van der Waals surface area (Å²) in [5, 5.41) is 17.5. The van der Waals surface area contributed by atoms with Crippen molar-refractivity contribution in [1.29, 1.82) is 0 Å². The second-order valence-electron chi connectivity index (χ2n) is 6.38. The number of aliphatic hydroxyl groups is 2. The number of aliphatic hydroxyl groups excluding tert-OH is 2. The minimum atomic E-state index is -0.312. The molecule has 2 N–H and O–H groups in total. The number of fused-ring (bicyclic) bond motifs is 2. The Bertz CT molecular complexity index is 821. The molecule has 30 heavy (non-hydrogen) atoms. The lowest BCUT2D eigenvalue weighted by Gasteiger charge is -2.23. The van der Waals surface area contributed by atoms with Crippen molar-refractivity contribution in [2.24, 2.45) is 0 Å². The molecule has 1 aliphatic carbocycles. The first-order valence-corrected chi connectivity index (χ1v) is 9.67. The molecule has 2 aromatic rings. The van der Waals surface area contributed by atoms with Crippen LogP contribution in [0.4, 0.5) is 0 Å². The van der Waals surface area contributed by atoms with E-state index in [1.807, 2.05) is 0 Å². The van der Waals surface area contributed by atoms with Gasteiger partial charge in [-0.3, -0.25) is 9.59 Å². The summed E-state index contributed by atoms with van der Waals surface area (Å²) in [7, 11) is 0. The molecule has 0 heterocycles. The third-order valence-corrected chi connectivity index (χ3v) is 4.44. The smallest absolute Gasteiger partial charge is 0.198 e. The zero-order valence-corrected chi connectivity index (χ0v) is 16.5. The van der Waals surface area contributed by atoms with E-state index in [0.29, 0.717) is 11.1 Å². The van der Waals surface area contributed by atoms with Crippen LogP contribution in [-0.2, 0) is 9.47 Å². The molecule has 0 aliphatic heterocycles. The number of hydrogen-bond acceptors (Lipinski definition) is 8. The molecule has 8 nitrogen and oxygen atoms in total. The largest absolute Gasteiger partial charge is 0.490 e. The van der Waals surface area contributed by atoms with Gasteiger partial charge in [-0.25, -0.2) is 0 Å². The predicted octanol–water partition coefficient (Wildman–Crippen LogP) is 1.24. The van der Waals surface area contributed by atoms with Gasteiger partial charge in [0.05, 0.1) is 50.8 Å². The summed E-state index contributed by atoms with van der Waals surface area (Å²) in [6.07, 6.45) is 0. The standard InChI is InChI=1S/C22H24O8/c23-7-9-27-11-13-29-17-5-6-18(30-14-12-28-10-8-24)20-19(17)21(25)15-3-1-2-4-16(15)22(20)26/h1-6,23-24H,7-14H2. The Kier molecular flexibility index (Phi) is 7.92. The molecule has 0 fully saturated rings. The first-order valence-electron chi connectivity index (χ1n) is 9.67. The molecule has 160 valence electrons. The third-order valence-electron chi connectivity index (χ3n) is 4.44. The molecular formula is C22H24O8. The van der Waals surface area contributed by atoms with Gasteiger partial charge >= 0.3 is 0 Å². The maximum absolute atomic E-state index is 13.2. The van der Waals surface area contributed by atoms with Gasteiger partial charge in [0, 0.05) is 11.1 Å². The Labute approximate surface area is 173 Å². The Hall–Kier alpha value is -2.78. The van der Waals surface area contributed by atoms with Crippen LogP contribution in [0.25, 0.3) is 0 Å². The van der Waals surface area contributed by atoms with Crippen LogP contribution in [0.3, 0.4) is 0 Å². The van der Waals surface area contributed by atoms with Gasteiger partial charge in [0.15, 0.2) is 11.6 Å². The molecule has 1 aliphatic rings. The highest BCUT2D eigenvalue weighted by Gasteiger charge is 2.35. The van der Waals surface area contributed by atoms with Crippen LogP contribution in [0, 0.1) is 0 Å². The summed E-state index contributed by atoms with van der Waals surface area (Å²) in [6.45, 7) is 0.980. The molecule has 0 bridgehead atoms. The van der Waals surface area contributed by atoms with Crippen LogP contribution in [0.2, 0.25) is 0 Å². The quantitative estimate of drug-likeness (QED) is 0.424. The Morgan fingerprint density at radius 1 is 0.600 bits per heavy atom. The number of carbonyl (C=O) groups is 2. The van der Waals surface area contributed by atoms with Crippen molar-refractivity contribution in [3.63, 3.8) is 0 Å². The highest BCUT2D eigenvalue weighted by molar-refractivity contribution is 6.30. The maximum Gasteiger partial charge on any atom is 0.198 e. The predicted molar refractivity (Wildman–Crippen MR) is 107 cm³/mol. The van der Waals surface area contributed by atoms with E-state index in [4.69, 9.17) is 29.2 Å². The minimum absolute atomic E-state index is 0.0901. The van der Waals surface area contributed by atoms with E-state index in [0.717, 1.165) is 0 Å². The van der Waals surface area contributed by atoms with Crippen molar-refractivity contribution < 1.29 is 38.7 Å². The summed E-state index contributed by atoms with van der Waals surface area (Å²) >= 11 is 0. The van der Waals surface area contributed by atoms with Gasteiger partial charge < -0.3 is 29.2 Å². The molecule has 8 heteroatoms. The number of hydrogen-bond donors (Lipinski definition) is 2. The summed E-state index contributed by atoms with van der Waals surface area (Å²) in [6, 6.07) is 9.82. The molecule has 3 rings (SSSR count). The number of benzene rings is 2. The molecule has 0 saturated heterocycles. The van der Waals surface area contributed by atoms with Crippen molar-refractivity contribution in [1.82, 2.24) is 0 Å². The second kappa shape index (κ2) is 10.8. The van der Waals surface area contributed by atoms with Crippen LogP contribution in [-0.4, -0.2) is 74.6 Å². The van der Waals surface area contributed by atoms with E-state index in [9.17, 15) is 9.59 Å². The molecule has 0 radical (unpaired) electrons. The van der Waals surface area contributed by atoms with Crippen LogP contribution in [0.15, 0.2) is 36.4 Å². The monoisotopic (exact) mass is 416 g/mol. The van der Waals surface area contributed by atoms with Crippen molar-refractivity contribution in [3.05, 3.63) is 58.7 Å². The molecule has 0 saturated carbocycles. The van der Waals surface area contributed by atoms with Gasteiger partial charge in [0.1, 0.15) is 24.7 Å². The number of carbonyl (C=O) groups excluding carboxylic acids is 2. The fourth-order valence-corrected chi connectivity index (χ4v) is 3.16.